The average Bonchev–Trinajstić information content (AvgIpc) is 3.35. The van der Waals surface area contributed by atoms with Crippen LogP contribution in [-0.4, -0.2) is 74.3 Å². The molecule has 10 heteroatoms. The second-order valence-electron chi connectivity index (χ2n) is 20.6. The van der Waals surface area contributed by atoms with Gasteiger partial charge in [0.2, 0.25) is 5.91 Å². The van der Waals surface area contributed by atoms with Crippen molar-refractivity contribution in [1.29, 1.82) is 0 Å². The Balaban J connectivity index is 5.47. The number of nitrogens with zero attached hydrogens (tertiary/aromatic N) is 1. The van der Waals surface area contributed by atoms with Crippen LogP contribution >= 0.6 is 7.82 Å². The van der Waals surface area contributed by atoms with Gasteiger partial charge in [0, 0.05) is 12.8 Å². The number of phosphoric acid groups is 1. The third-order valence-corrected chi connectivity index (χ3v) is 13.3. The smallest absolute Gasteiger partial charge is 0.456 e. The van der Waals surface area contributed by atoms with Crippen LogP contribution in [0.15, 0.2) is 109 Å². The van der Waals surface area contributed by atoms with Gasteiger partial charge in [0.1, 0.15) is 19.3 Å². The van der Waals surface area contributed by atoms with Crippen molar-refractivity contribution in [2.45, 2.75) is 238 Å². The number of nitrogens with one attached hydrogen (secondary N) is 1. The highest BCUT2D eigenvalue weighted by atomic mass is 31.2. The Hall–Kier alpha value is -3.33. The van der Waals surface area contributed by atoms with Crippen LogP contribution in [-0.2, 0) is 27.9 Å². The molecule has 0 aromatic rings. The minimum atomic E-state index is -4.47. The van der Waals surface area contributed by atoms with Crippen LogP contribution in [0.3, 0.4) is 0 Å². The van der Waals surface area contributed by atoms with E-state index in [1.165, 1.54) is 103 Å². The molecule has 3 unspecified atom stereocenters. The van der Waals surface area contributed by atoms with Crippen LogP contribution in [0, 0.1) is 0 Å². The number of unbranched alkanes of at least 4 members (excludes halogenated alkanes) is 24. The summed E-state index contributed by atoms with van der Waals surface area (Å²) in [4.78, 5) is 37.6. The summed E-state index contributed by atoms with van der Waals surface area (Å²) in [6.07, 6.45) is 70.7. The molecule has 418 valence electrons. The zero-order valence-corrected chi connectivity index (χ0v) is 48.5. The molecular formula is C63H110N2O7P+. The Morgan fingerprint density at radius 2 is 0.932 bits per heavy atom. The first kappa shape index (κ1) is 69.7. The first-order chi connectivity index (χ1) is 35.4. The normalized spacial score (nSPS) is 14.6. The fourth-order valence-corrected chi connectivity index (χ4v) is 8.56. The van der Waals surface area contributed by atoms with Crippen LogP contribution < -0.4 is 5.32 Å². The number of ether oxygens (including phenoxy) is 1. The number of rotatable bonds is 51. The van der Waals surface area contributed by atoms with Gasteiger partial charge >= 0.3 is 13.8 Å². The zero-order valence-electron chi connectivity index (χ0n) is 47.6. The van der Waals surface area contributed by atoms with E-state index in [4.69, 9.17) is 13.8 Å². The van der Waals surface area contributed by atoms with Crippen LogP contribution in [0.4, 0.5) is 0 Å². The van der Waals surface area contributed by atoms with Crippen LogP contribution in [0.5, 0.6) is 0 Å². The molecule has 0 aliphatic carbocycles. The molecule has 0 saturated carbocycles. The van der Waals surface area contributed by atoms with Crippen molar-refractivity contribution in [2.75, 3.05) is 40.9 Å². The Kier molecular flexibility index (Phi) is 49.7. The van der Waals surface area contributed by atoms with Crippen molar-refractivity contribution in [3.05, 3.63) is 109 Å². The lowest BCUT2D eigenvalue weighted by atomic mass is 10.0. The van der Waals surface area contributed by atoms with Gasteiger partial charge in [0.15, 0.2) is 0 Å². The first-order valence-corrected chi connectivity index (χ1v) is 30.8. The van der Waals surface area contributed by atoms with E-state index in [0.29, 0.717) is 23.9 Å². The fourth-order valence-electron chi connectivity index (χ4n) is 7.82. The molecule has 2 N–H and O–H groups in total. The Morgan fingerprint density at radius 1 is 0.507 bits per heavy atom. The number of phosphoric ester groups is 1. The molecule has 0 saturated heterocycles. The molecule has 0 aliphatic rings. The topological polar surface area (TPSA) is 111 Å². The van der Waals surface area contributed by atoms with E-state index in [9.17, 15) is 19.0 Å². The van der Waals surface area contributed by atoms with Gasteiger partial charge < -0.3 is 19.4 Å². The zero-order chi connectivity index (χ0) is 53.6. The third kappa shape index (κ3) is 53.3. The van der Waals surface area contributed by atoms with E-state index in [0.717, 1.165) is 83.5 Å². The molecule has 1 amide bonds. The highest BCUT2D eigenvalue weighted by molar-refractivity contribution is 7.47. The maximum atomic E-state index is 13.5. The summed E-state index contributed by atoms with van der Waals surface area (Å²) in [5.74, 6) is -0.572. The van der Waals surface area contributed by atoms with Crippen molar-refractivity contribution in [3.63, 3.8) is 0 Å². The SMILES string of the molecule is CC\C=C/C=C/C=C/C=C\C=C\C=C\CCCCCC(=O)OC(/C=C/CCCCCCCCCCCCC)C(COP(=O)(O)OCC[N+](C)(C)C)NC(=O)CCCCCCCCC/C=C\C/C=C\CCCCC. The van der Waals surface area contributed by atoms with Crippen LogP contribution in [0.25, 0.3) is 0 Å². The number of carbonyl (C=O) groups is 2. The number of hydrogen-bond donors (Lipinski definition) is 2. The second-order valence-corrected chi connectivity index (χ2v) is 22.0. The van der Waals surface area contributed by atoms with Crippen molar-refractivity contribution in [3.8, 4) is 0 Å². The molecule has 9 nitrogen and oxygen atoms in total. The number of amides is 1. The monoisotopic (exact) mass is 1040 g/mol. The lowest BCUT2D eigenvalue weighted by molar-refractivity contribution is -0.870. The van der Waals surface area contributed by atoms with Crippen molar-refractivity contribution >= 4 is 19.7 Å². The highest BCUT2D eigenvalue weighted by Crippen LogP contribution is 2.43. The van der Waals surface area contributed by atoms with E-state index < -0.39 is 20.0 Å². The van der Waals surface area contributed by atoms with Gasteiger partial charge in [-0.2, -0.15) is 0 Å². The van der Waals surface area contributed by atoms with Gasteiger partial charge in [-0.1, -0.05) is 240 Å². The molecule has 0 heterocycles. The maximum absolute atomic E-state index is 13.5. The van der Waals surface area contributed by atoms with E-state index in [2.05, 4.69) is 62.5 Å². The Labute approximate surface area is 449 Å². The van der Waals surface area contributed by atoms with Crippen molar-refractivity contribution < 1.29 is 37.3 Å². The second kappa shape index (κ2) is 52.1. The molecule has 73 heavy (non-hydrogen) atoms. The molecule has 0 spiro atoms. The fraction of sp³-hybridized carbons (Fsp3) is 0.683. The predicted molar refractivity (Wildman–Crippen MR) is 313 cm³/mol. The average molecular weight is 1040 g/mol. The number of esters is 1. The number of allylic oxidation sites excluding steroid dienone is 17. The lowest BCUT2D eigenvalue weighted by Crippen LogP contribution is -2.47. The first-order valence-electron chi connectivity index (χ1n) is 29.3. The summed E-state index contributed by atoms with van der Waals surface area (Å²) in [6.45, 7) is 6.79. The predicted octanol–water partition coefficient (Wildman–Crippen LogP) is 17.8. The molecule has 0 radical (unpaired) electrons. The Morgan fingerprint density at radius 3 is 1.47 bits per heavy atom. The summed E-state index contributed by atoms with van der Waals surface area (Å²) in [5.41, 5.74) is 0. The number of carbonyl (C=O) groups excluding carboxylic acids is 2. The third-order valence-electron chi connectivity index (χ3n) is 12.4. The minimum absolute atomic E-state index is 0.0252. The van der Waals surface area contributed by atoms with Gasteiger partial charge in [-0.15, -0.1) is 0 Å². The van der Waals surface area contributed by atoms with Crippen molar-refractivity contribution in [2.24, 2.45) is 0 Å². The lowest BCUT2D eigenvalue weighted by Gasteiger charge is -2.27. The van der Waals surface area contributed by atoms with Gasteiger partial charge in [-0.05, 0) is 83.1 Å². The van der Waals surface area contributed by atoms with E-state index >= 15 is 0 Å². The summed E-state index contributed by atoms with van der Waals surface area (Å²) in [6, 6.07) is -0.878. The van der Waals surface area contributed by atoms with Gasteiger partial charge in [0.05, 0.1) is 33.8 Å². The van der Waals surface area contributed by atoms with Crippen LogP contribution in [0.1, 0.15) is 226 Å². The van der Waals surface area contributed by atoms with E-state index in [1.54, 1.807) is 0 Å². The molecule has 0 aromatic heterocycles. The molecular weight excluding hydrogens is 928 g/mol. The molecule has 0 rings (SSSR count). The summed E-state index contributed by atoms with van der Waals surface area (Å²) in [7, 11) is 1.45. The minimum Gasteiger partial charge on any atom is -0.456 e. The summed E-state index contributed by atoms with van der Waals surface area (Å²) < 4.78 is 30.6. The standard InChI is InChI=1S/C63H109N2O7P/c1-7-10-13-16-19-22-25-28-30-32-34-37-40-43-46-49-52-55-62(66)64-60(59-71-73(68,69)70-58-57-65(4,5)6)61(54-51-48-45-42-39-36-27-24-21-18-15-12-9-3)72-63(67)56-53-50-47-44-41-38-35-33-31-29-26-23-20-17-14-11-8-2/h11,14,17,19-20,22-23,26,28-31,33,35,38,41,51,54,60-61H,7-10,12-13,15-16,18,21,24-25,27,32,34,36-37,39-40,42-50,52-53,55-59H2,1-6H3,(H-,64,66,68,69)/p+1/b14-11-,20-17+,22-19-,26-23+,30-28-,31-29-,35-33+,41-38+,54-51+. The number of quaternary nitrogens is 1. The van der Waals surface area contributed by atoms with Crippen molar-refractivity contribution in [1.82, 2.24) is 5.32 Å². The molecule has 0 aromatic carbocycles. The Bertz CT molecular complexity index is 1620. The number of hydrogen-bond acceptors (Lipinski definition) is 6. The largest absolute Gasteiger partial charge is 0.472 e. The molecule has 0 fully saturated rings. The molecule has 3 atom stereocenters. The van der Waals surface area contributed by atoms with Gasteiger partial charge in [0.25, 0.3) is 0 Å². The maximum Gasteiger partial charge on any atom is 0.472 e. The number of likely N-dealkylation sites (N-methyl/N-ethyl adjacent to an activating group) is 1. The van der Waals surface area contributed by atoms with Gasteiger partial charge in [-0.25, -0.2) is 4.57 Å². The van der Waals surface area contributed by atoms with E-state index in [-0.39, 0.29) is 31.5 Å². The van der Waals surface area contributed by atoms with E-state index in [1.807, 2.05) is 94.1 Å². The van der Waals surface area contributed by atoms with Gasteiger partial charge in [-0.3, -0.25) is 18.6 Å². The molecule has 0 aliphatic heterocycles. The quantitative estimate of drug-likeness (QED) is 0.0156. The summed E-state index contributed by atoms with van der Waals surface area (Å²) >= 11 is 0. The van der Waals surface area contributed by atoms with Crippen LogP contribution in [0.2, 0.25) is 0 Å². The molecule has 0 bridgehead atoms. The summed E-state index contributed by atoms with van der Waals surface area (Å²) in [5, 5.41) is 3.03. The highest BCUT2D eigenvalue weighted by Gasteiger charge is 2.30.